The standard InChI is InChI=1S/C33H30FN7O3S/c1-45(43,44)37-16-19-10-22(12-24(34)11-19)31-27-15-30(39-28(27)8-9-36-31)32-26-14-21(6-7-29(26)40-41-32)23-13-25(18-35-17-23)38-33(42)20-4-2-3-5-20/h6-15,17-18,20,37,39H,2-5,16H2,1H3,(H,38,42)(H,40,41). The van der Waals surface area contributed by atoms with Gasteiger partial charge >= 0.3 is 0 Å². The molecule has 0 bridgehead atoms. The minimum absolute atomic E-state index is 0.0368. The summed E-state index contributed by atoms with van der Waals surface area (Å²) < 4.78 is 40.2. The number of carbonyl (C=O) groups excluding carboxylic acids is 1. The van der Waals surface area contributed by atoms with Crippen molar-refractivity contribution in [1.29, 1.82) is 0 Å². The summed E-state index contributed by atoms with van der Waals surface area (Å²) >= 11 is 0. The smallest absolute Gasteiger partial charge is 0.227 e. The molecule has 228 valence electrons. The molecule has 45 heavy (non-hydrogen) atoms. The van der Waals surface area contributed by atoms with Crippen LogP contribution in [0.25, 0.3) is 55.6 Å². The molecule has 1 aliphatic carbocycles. The van der Waals surface area contributed by atoms with Crippen molar-refractivity contribution in [2.24, 2.45) is 5.92 Å². The van der Waals surface area contributed by atoms with Crippen molar-refractivity contribution in [2.45, 2.75) is 32.2 Å². The fourth-order valence-electron chi connectivity index (χ4n) is 6.01. The Bertz CT molecular complexity index is 2190. The fourth-order valence-corrected chi connectivity index (χ4v) is 6.44. The Morgan fingerprint density at radius 1 is 0.933 bits per heavy atom. The number of hydrogen-bond donors (Lipinski definition) is 4. The number of fused-ring (bicyclic) bond motifs is 2. The van der Waals surface area contributed by atoms with E-state index < -0.39 is 15.8 Å². The number of hydrogen-bond acceptors (Lipinski definition) is 6. The van der Waals surface area contributed by atoms with E-state index in [4.69, 9.17) is 0 Å². The molecular weight excluding hydrogens is 593 g/mol. The second kappa shape index (κ2) is 11.5. The highest BCUT2D eigenvalue weighted by molar-refractivity contribution is 7.88. The van der Waals surface area contributed by atoms with Gasteiger partial charge in [0.25, 0.3) is 0 Å². The van der Waals surface area contributed by atoms with E-state index in [0.717, 1.165) is 70.6 Å². The van der Waals surface area contributed by atoms with Crippen molar-refractivity contribution in [3.05, 3.63) is 84.6 Å². The van der Waals surface area contributed by atoms with Crippen molar-refractivity contribution in [3.8, 4) is 33.8 Å². The first-order chi connectivity index (χ1) is 21.7. The highest BCUT2D eigenvalue weighted by Gasteiger charge is 2.23. The minimum atomic E-state index is -3.44. The summed E-state index contributed by atoms with van der Waals surface area (Å²) in [6, 6.07) is 16.1. The monoisotopic (exact) mass is 623 g/mol. The molecular formula is C33H30FN7O3S. The van der Waals surface area contributed by atoms with Crippen LogP contribution in [-0.2, 0) is 21.4 Å². The molecule has 4 N–H and O–H groups in total. The summed E-state index contributed by atoms with van der Waals surface area (Å²) in [4.78, 5) is 25.0. The molecule has 10 nitrogen and oxygen atoms in total. The largest absolute Gasteiger partial charge is 0.353 e. The first-order valence-electron chi connectivity index (χ1n) is 14.7. The molecule has 0 saturated heterocycles. The van der Waals surface area contributed by atoms with Crippen molar-refractivity contribution < 1.29 is 17.6 Å². The number of H-pyrrole nitrogens is 2. The van der Waals surface area contributed by atoms with Gasteiger partial charge in [-0.15, -0.1) is 0 Å². The molecule has 1 amide bonds. The normalized spacial score (nSPS) is 14.0. The zero-order valence-electron chi connectivity index (χ0n) is 24.4. The van der Waals surface area contributed by atoms with Crippen LogP contribution in [0, 0.1) is 11.7 Å². The number of nitrogens with one attached hydrogen (secondary N) is 4. The highest BCUT2D eigenvalue weighted by atomic mass is 32.2. The van der Waals surface area contributed by atoms with Gasteiger partial charge < -0.3 is 10.3 Å². The number of aromatic amines is 2. The molecule has 6 aromatic rings. The first-order valence-corrected chi connectivity index (χ1v) is 16.6. The van der Waals surface area contributed by atoms with Crippen LogP contribution >= 0.6 is 0 Å². The maximum atomic E-state index is 14.6. The predicted molar refractivity (Wildman–Crippen MR) is 172 cm³/mol. The molecule has 4 aromatic heterocycles. The third kappa shape index (κ3) is 6.06. The topological polar surface area (TPSA) is 146 Å². The third-order valence-corrected chi connectivity index (χ3v) is 8.87. The van der Waals surface area contributed by atoms with Crippen LogP contribution in [0.15, 0.2) is 73.2 Å². The highest BCUT2D eigenvalue weighted by Crippen LogP contribution is 2.35. The zero-order chi connectivity index (χ0) is 31.1. The molecule has 12 heteroatoms. The molecule has 0 unspecified atom stereocenters. The fraction of sp³-hybridized carbons (Fsp3) is 0.212. The van der Waals surface area contributed by atoms with Crippen LogP contribution in [0.1, 0.15) is 31.2 Å². The van der Waals surface area contributed by atoms with Gasteiger partial charge in [0.15, 0.2) is 0 Å². The average Bonchev–Trinajstić information content (AvgIpc) is 3.79. The molecule has 1 saturated carbocycles. The molecule has 4 heterocycles. The molecule has 0 aliphatic heterocycles. The summed E-state index contributed by atoms with van der Waals surface area (Å²) in [5.74, 6) is -0.382. The summed E-state index contributed by atoms with van der Waals surface area (Å²) in [7, 11) is -3.44. The number of benzene rings is 2. The molecule has 1 fully saturated rings. The Morgan fingerprint density at radius 2 is 1.76 bits per heavy atom. The lowest BCUT2D eigenvalue weighted by Gasteiger charge is -2.11. The number of sulfonamides is 1. The van der Waals surface area contributed by atoms with E-state index in [1.807, 2.05) is 36.4 Å². The van der Waals surface area contributed by atoms with Crippen molar-refractivity contribution in [2.75, 3.05) is 11.6 Å². The van der Waals surface area contributed by atoms with Gasteiger partial charge in [0.05, 0.1) is 35.0 Å². The van der Waals surface area contributed by atoms with Gasteiger partial charge in [0.2, 0.25) is 15.9 Å². The molecule has 0 spiro atoms. The lowest BCUT2D eigenvalue weighted by atomic mass is 10.0. The van der Waals surface area contributed by atoms with Gasteiger partial charge in [0.1, 0.15) is 11.5 Å². The van der Waals surface area contributed by atoms with Gasteiger partial charge in [-0.3, -0.25) is 19.9 Å². The van der Waals surface area contributed by atoms with Crippen LogP contribution < -0.4 is 10.0 Å². The predicted octanol–water partition coefficient (Wildman–Crippen LogP) is 6.15. The van der Waals surface area contributed by atoms with Crippen molar-refractivity contribution in [1.82, 2.24) is 29.9 Å². The molecule has 1 aliphatic rings. The van der Waals surface area contributed by atoms with Gasteiger partial charge in [-0.2, -0.15) is 5.10 Å². The van der Waals surface area contributed by atoms with Crippen molar-refractivity contribution in [3.63, 3.8) is 0 Å². The van der Waals surface area contributed by atoms with E-state index >= 15 is 0 Å². The maximum Gasteiger partial charge on any atom is 0.227 e. The second-order valence-corrected chi connectivity index (χ2v) is 13.3. The quantitative estimate of drug-likeness (QED) is 0.160. The molecule has 0 radical (unpaired) electrons. The summed E-state index contributed by atoms with van der Waals surface area (Å²) in [6.07, 6.45) is 10.2. The van der Waals surface area contributed by atoms with E-state index in [0.29, 0.717) is 28.2 Å². The number of aromatic nitrogens is 5. The number of anilines is 1. The number of carbonyl (C=O) groups is 1. The number of nitrogens with zero attached hydrogens (tertiary/aromatic N) is 3. The van der Waals surface area contributed by atoms with E-state index in [1.54, 1.807) is 24.7 Å². The number of halogens is 1. The second-order valence-electron chi connectivity index (χ2n) is 11.5. The van der Waals surface area contributed by atoms with Crippen LogP contribution in [0.5, 0.6) is 0 Å². The van der Waals surface area contributed by atoms with E-state index in [2.05, 4.69) is 35.2 Å². The van der Waals surface area contributed by atoms with Crippen LogP contribution in [-0.4, -0.2) is 45.7 Å². The van der Waals surface area contributed by atoms with Crippen LogP contribution in [0.3, 0.4) is 0 Å². The Hall–Kier alpha value is -4.94. The van der Waals surface area contributed by atoms with Gasteiger partial charge in [0, 0.05) is 52.3 Å². The number of amides is 1. The third-order valence-electron chi connectivity index (χ3n) is 8.20. The van der Waals surface area contributed by atoms with Crippen LogP contribution in [0.4, 0.5) is 10.1 Å². The first kappa shape index (κ1) is 28.8. The van der Waals surface area contributed by atoms with Gasteiger partial charge in [-0.1, -0.05) is 18.9 Å². The summed E-state index contributed by atoms with van der Waals surface area (Å²) in [5, 5.41) is 12.4. The summed E-state index contributed by atoms with van der Waals surface area (Å²) in [5.41, 5.74) is 7.09. The molecule has 0 atom stereocenters. The maximum absolute atomic E-state index is 14.6. The van der Waals surface area contributed by atoms with E-state index in [-0.39, 0.29) is 18.4 Å². The Kier molecular flexibility index (Phi) is 7.38. The lowest BCUT2D eigenvalue weighted by Crippen LogP contribution is -2.21. The zero-order valence-corrected chi connectivity index (χ0v) is 25.2. The average molecular weight is 624 g/mol. The summed E-state index contributed by atoms with van der Waals surface area (Å²) in [6.45, 7) is -0.0368. The molecule has 7 rings (SSSR count). The van der Waals surface area contributed by atoms with Gasteiger partial charge in [-0.05, 0) is 72.5 Å². The molecule has 2 aromatic carbocycles. The minimum Gasteiger partial charge on any atom is -0.353 e. The lowest BCUT2D eigenvalue weighted by molar-refractivity contribution is -0.119. The SMILES string of the molecule is CS(=O)(=O)NCc1cc(F)cc(-c2nccc3[nH]c(-c4n[nH]c5ccc(-c6cncc(NC(=O)C7CCCC7)c6)cc45)cc23)c1. The van der Waals surface area contributed by atoms with E-state index in [9.17, 15) is 17.6 Å². The van der Waals surface area contributed by atoms with E-state index in [1.165, 1.54) is 12.1 Å². The Balaban J connectivity index is 1.22. The Morgan fingerprint density at radius 3 is 2.58 bits per heavy atom. The number of pyridine rings is 2. The van der Waals surface area contributed by atoms with Gasteiger partial charge in [-0.25, -0.2) is 17.5 Å². The van der Waals surface area contributed by atoms with Crippen LogP contribution in [0.2, 0.25) is 0 Å². The Labute approximate surface area is 258 Å². The van der Waals surface area contributed by atoms with Crippen molar-refractivity contribution >= 4 is 43.4 Å². The number of rotatable bonds is 8.